The zero-order valence-corrected chi connectivity index (χ0v) is 11.8. The Kier molecular flexibility index (Phi) is 6.44. The molecular weight excluding hydrogens is 264 g/mol. The van der Waals surface area contributed by atoms with E-state index in [0.717, 1.165) is 6.54 Å². The number of carbonyl (C=O) groups is 3. The van der Waals surface area contributed by atoms with Gasteiger partial charge in [0.15, 0.2) is 0 Å². The normalized spacial score (nSPS) is 23.7. The van der Waals surface area contributed by atoms with Gasteiger partial charge in [-0.3, -0.25) is 9.59 Å². The van der Waals surface area contributed by atoms with Crippen LogP contribution in [0.3, 0.4) is 0 Å². The van der Waals surface area contributed by atoms with Gasteiger partial charge in [0.1, 0.15) is 6.04 Å². The molecule has 1 amide bonds. The van der Waals surface area contributed by atoms with Crippen molar-refractivity contribution in [2.45, 2.75) is 44.7 Å². The molecule has 1 rings (SSSR count). The highest BCUT2D eigenvalue weighted by molar-refractivity contribution is 5.85. The number of piperidine rings is 1. The van der Waals surface area contributed by atoms with Gasteiger partial charge in [-0.1, -0.05) is 0 Å². The van der Waals surface area contributed by atoms with Gasteiger partial charge >= 0.3 is 11.9 Å². The van der Waals surface area contributed by atoms with E-state index in [1.807, 2.05) is 6.92 Å². The number of amides is 1. The minimum absolute atomic E-state index is 0.0314. The Morgan fingerprint density at radius 1 is 1.45 bits per heavy atom. The molecule has 0 saturated carbocycles. The summed E-state index contributed by atoms with van der Waals surface area (Å²) < 4.78 is 4.46. The minimum atomic E-state index is -1.13. The third kappa shape index (κ3) is 5.16. The zero-order chi connectivity index (χ0) is 15.1. The Bertz CT molecular complexity index is 372. The first kappa shape index (κ1) is 16.4. The fourth-order valence-electron chi connectivity index (χ4n) is 2.28. The molecule has 7 heteroatoms. The van der Waals surface area contributed by atoms with Crippen LogP contribution in [0, 0.1) is 5.92 Å². The largest absolute Gasteiger partial charge is 0.480 e. The number of hydrogen-bond acceptors (Lipinski definition) is 5. The maximum atomic E-state index is 12.1. The highest BCUT2D eigenvalue weighted by Crippen LogP contribution is 2.16. The molecule has 0 aromatic rings. The van der Waals surface area contributed by atoms with Gasteiger partial charge in [0, 0.05) is 18.4 Å². The highest BCUT2D eigenvalue weighted by Gasteiger charge is 2.28. The lowest BCUT2D eigenvalue weighted by Gasteiger charge is -2.28. The highest BCUT2D eigenvalue weighted by atomic mass is 16.5. The van der Waals surface area contributed by atoms with Gasteiger partial charge in [0.2, 0.25) is 5.91 Å². The van der Waals surface area contributed by atoms with Crippen LogP contribution in [-0.4, -0.2) is 48.7 Å². The van der Waals surface area contributed by atoms with E-state index in [0.29, 0.717) is 12.8 Å². The second-order valence-electron chi connectivity index (χ2n) is 5.09. The summed E-state index contributed by atoms with van der Waals surface area (Å²) in [4.78, 5) is 34.2. The lowest BCUT2D eigenvalue weighted by Crippen LogP contribution is -2.47. The molecule has 3 N–H and O–H groups in total. The number of carbonyl (C=O) groups excluding carboxylic acids is 2. The second-order valence-corrected chi connectivity index (χ2v) is 5.09. The Morgan fingerprint density at radius 3 is 2.70 bits per heavy atom. The van der Waals surface area contributed by atoms with Crippen molar-refractivity contribution in [3.8, 4) is 0 Å². The van der Waals surface area contributed by atoms with Gasteiger partial charge in [-0.05, 0) is 32.7 Å². The number of carboxylic acids is 1. The predicted molar refractivity (Wildman–Crippen MR) is 71.0 cm³/mol. The molecule has 0 aromatic carbocycles. The lowest BCUT2D eigenvalue weighted by atomic mass is 9.92. The summed E-state index contributed by atoms with van der Waals surface area (Å²) in [5.41, 5.74) is 0. The summed E-state index contributed by atoms with van der Waals surface area (Å²) in [6, 6.07) is -0.801. The van der Waals surface area contributed by atoms with Crippen molar-refractivity contribution < 1.29 is 24.2 Å². The van der Waals surface area contributed by atoms with E-state index in [9.17, 15) is 14.4 Å². The molecule has 1 aliphatic rings. The van der Waals surface area contributed by atoms with Crippen molar-refractivity contribution in [3.63, 3.8) is 0 Å². The molecule has 1 heterocycles. The van der Waals surface area contributed by atoms with E-state index in [1.54, 1.807) is 0 Å². The summed E-state index contributed by atoms with van der Waals surface area (Å²) in [6.45, 7) is 2.74. The molecule has 114 valence electrons. The molecule has 0 radical (unpaired) electrons. The molecule has 7 nitrogen and oxygen atoms in total. The van der Waals surface area contributed by atoms with Gasteiger partial charge in [0.25, 0.3) is 0 Å². The molecule has 0 bridgehead atoms. The maximum Gasteiger partial charge on any atom is 0.326 e. The molecule has 20 heavy (non-hydrogen) atoms. The number of carboxylic acid groups (broad SMARTS) is 1. The van der Waals surface area contributed by atoms with E-state index in [4.69, 9.17) is 5.11 Å². The van der Waals surface area contributed by atoms with Crippen molar-refractivity contribution in [1.29, 1.82) is 0 Å². The van der Waals surface area contributed by atoms with Crippen LogP contribution in [0.1, 0.15) is 32.6 Å². The van der Waals surface area contributed by atoms with Crippen LogP contribution in [0.15, 0.2) is 0 Å². The SMILES string of the molecule is COC(=O)CC[C@@H](NC(=O)C1CCNC(C)C1)C(=O)O. The Morgan fingerprint density at radius 2 is 2.15 bits per heavy atom. The molecule has 1 saturated heterocycles. The van der Waals surface area contributed by atoms with Crippen LogP contribution in [0.2, 0.25) is 0 Å². The number of methoxy groups -OCH3 is 1. The van der Waals surface area contributed by atoms with Crippen molar-refractivity contribution in [2.75, 3.05) is 13.7 Å². The smallest absolute Gasteiger partial charge is 0.326 e. The Hall–Kier alpha value is -1.63. The third-order valence-electron chi connectivity index (χ3n) is 3.47. The molecular formula is C13H22N2O5. The van der Waals surface area contributed by atoms with Gasteiger partial charge in [-0.2, -0.15) is 0 Å². The third-order valence-corrected chi connectivity index (χ3v) is 3.47. The van der Waals surface area contributed by atoms with Crippen LogP contribution in [0.4, 0.5) is 0 Å². The number of hydrogen-bond donors (Lipinski definition) is 3. The molecule has 3 atom stereocenters. The number of nitrogens with one attached hydrogen (secondary N) is 2. The monoisotopic (exact) mass is 286 g/mol. The molecule has 2 unspecified atom stereocenters. The topological polar surface area (TPSA) is 105 Å². The molecule has 1 fully saturated rings. The first-order valence-corrected chi connectivity index (χ1v) is 6.77. The summed E-state index contributed by atoms with van der Waals surface area (Å²) in [5, 5.41) is 14.8. The van der Waals surface area contributed by atoms with E-state index in [2.05, 4.69) is 15.4 Å². The Labute approximate surface area is 118 Å². The summed E-state index contributed by atoms with van der Waals surface area (Å²) >= 11 is 0. The number of rotatable bonds is 6. The number of ether oxygens (including phenoxy) is 1. The fourth-order valence-corrected chi connectivity index (χ4v) is 2.28. The van der Waals surface area contributed by atoms with E-state index < -0.39 is 18.0 Å². The van der Waals surface area contributed by atoms with Crippen LogP contribution in [0.5, 0.6) is 0 Å². The van der Waals surface area contributed by atoms with Crippen LogP contribution >= 0.6 is 0 Å². The molecule has 0 aliphatic carbocycles. The first-order valence-electron chi connectivity index (χ1n) is 6.77. The summed E-state index contributed by atoms with van der Waals surface area (Å²) in [5.74, 6) is -2.05. The molecule has 1 aliphatic heterocycles. The lowest BCUT2D eigenvalue weighted by molar-refractivity contribution is -0.144. The molecule has 0 spiro atoms. The first-order chi connectivity index (χ1) is 9.43. The summed E-state index contributed by atoms with van der Waals surface area (Å²) in [6.07, 6.45) is 1.39. The predicted octanol–water partition coefficient (Wildman–Crippen LogP) is -0.103. The summed E-state index contributed by atoms with van der Waals surface area (Å²) in [7, 11) is 1.24. The van der Waals surface area contributed by atoms with Crippen molar-refractivity contribution in [1.82, 2.24) is 10.6 Å². The zero-order valence-electron chi connectivity index (χ0n) is 11.8. The van der Waals surface area contributed by atoms with Crippen LogP contribution < -0.4 is 10.6 Å². The van der Waals surface area contributed by atoms with Crippen molar-refractivity contribution in [3.05, 3.63) is 0 Å². The van der Waals surface area contributed by atoms with Crippen LogP contribution in [0.25, 0.3) is 0 Å². The second kappa shape index (κ2) is 7.84. The van der Waals surface area contributed by atoms with E-state index in [-0.39, 0.29) is 30.7 Å². The quantitative estimate of drug-likeness (QED) is 0.589. The minimum Gasteiger partial charge on any atom is -0.480 e. The van der Waals surface area contributed by atoms with Gasteiger partial charge in [0.05, 0.1) is 7.11 Å². The number of esters is 1. The average Bonchev–Trinajstić information content (AvgIpc) is 2.42. The molecule has 0 aromatic heterocycles. The van der Waals surface area contributed by atoms with E-state index >= 15 is 0 Å². The fraction of sp³-hybridized carbons (Fsp3) is 0.769. The average molecular weight is 286 g/mol. The Balaban J connectivity index is 2.49. The van der Waals surface area contributed by atoms with Gasteiger partial charge in [-0.15, -0.1) is 0 Å². The standard InChI is InChI=1S/C13H22N2O5/c1-8-7-9(5-6-14-8)12(17)15-10(13(18)19)3-4-11(16)20-2/h8-10,14H,3-7H2,1-2H3,(H,15,17)(H,18,19)/t8?,9?,10-/m1/s1. The number of aliphatic carboxylic acids is 1. The van der Waals surface area contributed by atoms with Crippen molar-refractivity contribution >= 4 is 17.8 Å². The van der Waals surface area contributed by atoms with Crippen molar-refractivity contribution in [2.24, 2.45) is 5.92 Å². The van der Waals surface area contributed by atoms with Crippen LogP contribution in [-0.2, 0) is 19.1 Å². The van der Waals surface area contributed by atoms with Gasteiger partial charge < -0.3 is 20.5 Å². The maximum absolute atomic E-state index is 12.1. The van der Waals surface area contributed by atoms with E-state index in [1.165, 1.54) is 7.11 Å². The van der Waals surface area contributed by atoms with Gasteiger partial charge in [-0.25, -0.2) is 4.79 Å².